The Balaban J connectivity index is 2.08. The van der Waals surface area contributed by atoms with Crippen molar-refractivity contribution in [2.45, 2.75) is 26.9 Å². The molecule has 0 atom stereocenters. The minimum Gasteiger partial charge on any atom is -0.237 e. The highest BCUT2D eigenvalue weighted by molar-refractivity contribution is 4.82. The lowest BCUT2D eigenvalue weighted by atomic mass is 10.5. The number of nitrogens with zero attached hydrogens (tertiary/aromatic N) is 4. The van der Waals surface area contributed by atoms with Crippen LogP contribution in [0.2, 0.25) is 0 Å². The van der Waals surface area contributed by atoms with Crippen molar-refractivity contribution in [1.29, 1.82) is 0 Å². The van der Waals surface area contributed by atoms with Crippen LogP contribution in [0.25, 0.3) is 0 Å². The molecule has 0 bridgehead atoms. The van der Waals surface area contributed by atoms with E-state index >= 15 is 0 Å². The van der Waals surface area contributed by atoms with E-state index in [-0.39, 0.29) is 0 Å². The Morgan fingerprint density at radius 2 is 1.25 bits per heavy atom. The highest BCUT2D eigenvalue weighted by atomic mass is 15.2. The number of rotatable bonds is 3. The molecular formula is C12H20N4+2. The fraction of sp³-hybridized carbons (Fsp3) is 0.500. The Bertz CT molecular complexity index is 447. The lowest BCUT2D eigenvalue weighted by Crippen LogP contribution is -2.31. The van der Waals surface area contributed by atoms with Crippen molar-refractivity contribution in [2.24, 2.45) is 14.1 Å². The molecule has 86 valence electrons. The number of aryl methyl sites for hydroxylation is 4. The second-order valence-electron chi connectivity index (χ2n) is 4.30. The molecule has 0 radical (unpaired) electrons. The molecule has 0 unspecified atom stereocenters. The predicted molar refractivity (Wildman–Crippen MR) is 60.7 cm³/mol. The lowest BCUT2D eigenvalue weighted by molar-refractivity contribution is -0.677. The summed E-state index contributed by atoms with van der Waals surface area (Å²) in [4.78, 5) is 0. The van der Waals surface area contributed by atoms with E-state index in [0.717, 1.165) is 13.1 Å². The maximum absolute atomic E-state index is 2.28. The Morgan fingerprint density at radius 1 is 0.875 bits per heavy atom. The zero-order chi connectivity index (χ0) is 11.7. The van der Waals surface area contributed by atoms with E-state index in [1.807, 2.05) is 0 Å². The third kappa shape index (κ3) is 1.87. The van der Waals surface area contributed by atoms with E-state index in [1.165, 1.54) is 11.6 Å². The Kier molecular flexibility index (Phi) is 2.81. The molecule has 0 N–H and O–H groups in total. The Morgan fingerprint density at radius 3 is 1.50 bits per heavy atom. The average molecular weight is 220 g/mol. The van der Waals surface area contributed by atoms with Gasteiger partial charge in [-0.15, -0.1) is 0 Å². The van der Waals surface area contributed by atoms with Crippen LogP contribution in [0.4, 0.5) is 0 Å². The van der Waals surface area contributed by atoms with Gasteiger partial charge in [0.05, 0.1) is 14.1 Å². The number of hydrogen-bond acceptors (Lipinski definition) is 0. The quantitative estimate of drug-likeness (QED) is 0.660. The van der Waals surface area contributed by atoms with Crippen molar-refractivity contribution in [3.05, 3.63) is 36.4 Å². The number of imidazole rings is 2. The Labute approximate surface area is 96.4 Å². The monoisotopic (exact) mass is 220 g/mol. The third-order valence-corrected chi connectivity index (χ3v) is 3.37. The Hall–Kier alpha value is -1.58. The van der Waals surface area contributed by atoms with E-state index < -0.39 is 0 Å². The van der Waals surface area contributed by atoms with Crippen molar-refractivity contribution in [3.63, 3.8) is 0 Å². The molecule has 0 fully saturated rings. The largest absolute Gasteiger partial charge is 0.253 e. The number of aromatic nitrogens is 4. The second kappa shape index (κ2) is 4.12. The van der Waals surface area contributed by atoms with Crippen LogP contribution < -0.4 is 9.13 Å². The van der Waals surface area contributed by atoms with Gasteiger partial charge in [-0.3, -0.25) is 0 Å². The SMILES string of the molecule is Cc1n(CCn2cc[n+](C)c2C)cc[n+]1C. The van der Waals surface area contributed by atoms with Crippen LogP contribution >= 0.6 is 0 Å². The molecule has 4 heteroatoms. The van der Waals surface area contributed by atoms with Crippen LogP contribution in [0.1, 0.15) is 11.6 Å². The molecule has 0 spiro atoms. The molecule has 16 heavy (non-hydrogen) atoms. The highest BCUT2D eigenvalue weighted by Crippen LogP contribution is 1.97. The second-order valence-corrected chi connectivity index (χ2v) is 4.30. The third-order valence-electron chi connectivity index (χ3n) is 3.37. The molecule has 0 aliphatic heterocycles. The van der Waals surface area contributed by atoms with Crippen LogP contribution in [0.3, 0.4) is 0 Å². The summed E-state index contributed by atoms with van der Waals surface area (Å²) in [6.07, 6.45) is 8.46. The van der Waals surface area contributed by atoms with Crippen molar-refractivity contribution in [1.82, 2.24) is 9.13 Å². The molecule has 2 aromatic heterocycles. The van der Waals surface area contributed by atoms with E-state index in [1.54, 1.807) is 0 Å². The first kappa shape index (κ1) is 10.9. The summed E-state index contributed by atoms with van der Waals surface area (Å²) < 4.78 is 8.84. The molecule has 0 aliphatic carbocycles. The smallest absolute Gasteiger partial charge is 0.237 e. The van der Waals surface area contributed by atoms with Crippen LogP contribution in [0.5, 0.6) is 0 Å². The van der Waals surface area contributed by atoms with Crippen LogP contribution in [0.15, 0.2) is 24.8 Å². The summed E-state index contributed by atoms with van der Waals surface area (Å²) in [5.74, 6) is 2.57. The maximum atomic E-state index is 2.28. The zero-order valence-corrected chi connectivity index (χ0v) is 10.5. The fourth-order valence-electron chi connectivity index (χ4n) is 1.89. The highest BCUT2D eigenvalue weighted by Gasteiger charge is 2.12. The summed E-state index contributed by atoms with van der Waals surface area (Å²) in [6, 6.07) is 0. The van der Waals surface area contributed by atoms with E-state index in [2.05, 4.69) is 71.0 Å². The standard InChI is InChI=1S/C12H20N4/c1-11-13(3)5-7-15(11)9-10-16-8-6-14(4)12(16)2/h5-8H,9-10H2,1-4H3/q+2. The van der Waals surface area contributed by atoms with E-state index in [0.29, 0.717) is 0 Å². The first-order valence-electron chi connectivity index (χ1n) is 5.62. The normalized spacial score (nSPS) is 11.0. The van der Waals surface area contributed by atoms with Crippen LogP contribution in [0, 0.1) is 13.8 Å². The van der Waals surface area contributed by atoms with E-state index in [9.17, 15) is 0 Å². The van der Waals surface area contributed by atoms with Crippen LogP contribution in [-0.4, -0.2) is 9.13 Å². The summed E-state index contributed by atoms with van der Waals surface area (Å²) in [5.41, 5.74) is 0. The molecule has 0 saturated carbocycles. The molecule has 0 aliphatic rings. The summed E-state index contributed by atoms with van der Waals surface area (Å²) in [6.45, 7) is 6.31. The van der Waals surface area contributed by atoms with Gasteiger partial charge in [0.25, 0.3) is 11.6 Å². The molecule has 0 saturated heterocycles. The van der Waals surface area contributed by atoms with Gasteiger partial charge in [0, 0.05) is 13.8 Å². The van der Waals surface area contributed by atoms with Gasteiger partial charge in [0.15, 0.2) is 0 Å². The van der Waals surface area contributed by atoms with Gasteiger partial charge < -0.3 is 0 Å². The molecule has 0 amide bonds. The van der Waals surface area contributed by atoms with Gasteiger partial charge >= 0.3 is 0 Å². The number of hydrogen-bond donors (Lipinski definition) is 0. The maximum Gasteiger partial charge on any atom is 0.253 e. The van der Waals surface area contributed by atoms with Crippen molar-refractivity contribution >= 4 is 0 Å². The van der Waals surface area contributed by atoms with Gasteiger partial charge in [-0.05, 0) is 0 Å². The van der Waals surface area contributed by atoms with Gasteiger partial charge in [-0.1, -0.05) is 0 Å². The fourth-order valence-corrected chi connectivity index (χ4v) is 1.89. The molecule has 2 aromatic rings. The lowest BCUT2D eigenvalue weighted by Gasteiger charge is -1.99. The zero-order valence-electron chi connectivity index (χ0n) is 10.5. The molecule has 0 aromatic carbocycles. The molecule has 2 heterocycles. The first-order chi connectivity index (χ1) is 7.59. The van der Waals surface area contributed by atoms with Gasteiger partial charge in [-0.2, -0.15) is 0 Å². The predicted octanol–water partition coefficient (Wildman–Crippen LogP) is 0.256. The topological polar surface area (TPSA) is 17.6 Å². The molecule has 2 rings (SSSR count). The molecular weight excluding hydrogens is 200 g/mol. The minimum absolute atomic E-state index is 1.02. The molecule has 4 nitrogen and oxygen atoms in total. The van der Waals surface area contributed by atoms with Crippen molar-refractivity contribution < 1.29 is 9.13 Å². The average Bonchev–Trinajstić information content (AvgIpc) is 2.74. The van der Waals surface area contributed by atoms with Crippen molar-refractivity contribution in [2.75, 3.05) is 0 Å². The summed E-state index contributed by atoms with van der Waals surface area (Å²) in [7, 11) is 4.15. The van der Waals surface area contributed by atoms with Crippen LogP contribution in [-0.2, 0) is 27.2 Å². The summed E-state index contributed by atoms with van der Waals surface area (Å²) in [5, 5.41) is 0. The minimum atomic E-state index is 1.02. The van der Waals surface area contributed by atoms with Gasteiger partial charge in [0.2, 0.25) is 0 Å². The summed E-state index contributed by atoms with van der Waals surface area (Å²) >= 11 is 0. The van der Waals surface area contributed by atoms with Gasteiger partial charge in [-0.25, -0.2) is 18.3 Å². The van der Waals surface area contributed by atoms with Gasteiger partial charge in [0.1, 0.15) is 37.9 Å². The van der Waals surface area contributed by atoms with Crippen molar-refractivity contribution in [3.8, 4) is 0 Å². The first-order valence-corrected chi connectivity index (χ1v) is 5.62. The van der Waals surface area contributed by atoms with E-state index in [4.69, 9.17) is 0 Å².